The van der Waals surface area contributed by atoms with E-state index < -0.39 is 8.07 Å². The molecule has 204 valence electrons. The fraction of sp³-hybridized carbons (Fsp3) is 0.167. The maximum atomic E-state index is 3.20. The molecule has 0 amide bonds. The average molecular weight is 659 g/mol. The van der Waals surface area contributed by atoms with Crippen LogP contribution in [0.15, 0.2) is 120 Å². The summed E-state index contributed by atoms with van der Waals surface area (Å²) in [6.07, 6.45) is 8.69. The molecule has 0 unspecified atom stereocenters. The van der Waals surface area contributed by atoms with Gasteiger partial charge in [0, 0.05) is 0 Å². The maximum absolute atomic E-state index is 3.20. The van der Waals surface area contributed by atoms with Gasteiger partial charge in [-0.05, 0) is 21.9 Å². The Bertz CT molecular complexity index is 1490. The zero-order valence-corrected chi connectivity index (χ0v) is 28.9. The predicted molar refractivity (Wildman–Crippen MR) is 166 cm³/mol. The van der Waals surface area contributed by atoms with Crippen molar-refractivity contribution in [3.8, 4) is 0 Å². The molecule has 1 aliphatic carbocycles. The molecule has 0 radical (unpaired) electrons. The summed E-state index contributed by atoms with van der Waals surface area (Å²) in [5.41, 5.74) is 5.32. The Kier molecular flexibility index (Phi) is 13.3. The van der Waals surface area contributed by atoms with Gasteiger partial charge in [0.15, 0.2) is 0 Å². The van der Waals surface area contributed by atoms with Crippen LogP contribution in [0, 0.1) is 19.9 Å². The van der Waals surface area contributed by atoms with Gasteiger partial charge in [0.1, 0.15) is 0 Å². The van der Waals surface area contributed by atoms with Crippen LogP contribution in [0.2, 0.25) is 19.6 Å². The number of rotatable bonds is 3. The Morgan fingerprint density at radius 1 is 0.700 bits per heavy atom. The van der Waals surface area contributed by atoms with Crippen molar-refractivity contribution in [3.63, 3.8) is 0 Å². The third-order valence-corrected chi connectivity index (χ3v) is 10.2. The van der Waals surface area contributed by atoms with E-state index in [2.05, 4.69) is 155 Å². The molecule has 0 saturated carbocycles. The van der Waals surface area contributed by atoms with Crippen molar-refractivity contribution >= 4 is 32.8 Å². The van der Waals surface area contributed by atoms with E-state index in [1.807, 2.05) is 0 Å². The molecular weight excluding hydrogens is 623 g/mol. The van der Waals surface area contributed by atoms with Crippen LogP contribution in [-0.2, 0) is 24.2 Å². The molecule has 0 nitrogen and oxygen atoms in total. The van der Waals surface area contributed by atoms with Crippen molar-refractivity contribution in [1.82, 2.24) is 0 Å². The molecule has 6 rings (SSSR count). The monoisotopic (exact) mass is 656 g/mol. The van der Waals surface area contributed by atoms with Gasteiger partial charge in [-0.1, -0.05) is 55.0 Å². The second-order valence-corrected chi connectivity index (χ2v) is 17.2. The number of benzene rings is 4. The number of allylic oxidation sites excluding steroid dienone is 4. The summed E-state index contributed by atoms with van der Waals surface area (Å²) in [6, 6.07) is 36.7. The molecule has 0 saturated heterocycles. The molecule has 0 bridgehead atoms. The first kappa shape index (κ1) is 34.0. The SMILES string of the molecule is C[Si](C)(C)C1=CC[C-]=C1.Cc1ccc2c(c1)[cH-]c1cc(C)ccc12.[Cl-].[Cl-].[Zr+2]=[C](c1ccccc1)c1ccccc1. The van der Waals surface area contributed by atoms with E-state index in [-0.39, 0.29) is 24.8 Å². The topological polar surface area (TPSA) is 0 Å². The van der Waals surface area contributed by atoms with Crippen LogP contribution in [0.1, 0.15) is 28.7 Å². The van der Waals surface area contributed by atoms with Gasteiger partial charge in [0.25, 0.3) is 0 Å². The van der Waals surface area contributed by atoms with E-state index in [4.69, 9.17) is 0 Å². The van der Waals surface area contributed by atoms with Crippen LogP contribution in [-0.4, -0.2) is 11.3 Å². The number of hydrogen-bond donors (Lipinski definition) is 0. The van der Waals surface area contributed by atoms with Gasteiger partial charge >= 0.3 is 99.2 Å². The van der Waals surface area contributed by atoms with Crippen LogP contribution in [0.5, 0.6) is 0 Å². The molecule has 40 heavy (non-hydrogen) atoms. The van der Waals surface area contributed by atoms with Crippen molar-refractivity contribution in [3.05, 3.63) is 149 Å². The zero-order chi connectivity index (χ0) is 27.1. The van der Waals surface area contributed by atoms with E-state index in [9.17, 15) is 0 Å². The van der Waals surface area contributed by atoms with Gasteiger partial charge in [-0.25, -0.2) is 11.3 Å². The van der Waals surface area contributed by atoms with Crippen LogP contribution in [0.3, 0.4) is 0 Å². The van der Waals surface area contributed by atoms with Crippen LogP contribution < -0.4 is 24.8 Å². The van der Waals surface area contributed by atoms with Gasteiger partial charge < -0.3 is 24.8 Å². The van der Waals surface area contributed by atoms with Crippen molar-refractivity contribution in [2.24, 2.45) is 0 Å². The Labute approximate surface area is 268 Å². The second kappa shape index (κ2) is 15.7. The van der Waals surface area contributed by atoms with Gasteiger partial charge in [-0.3, -0.25) is 6.08 Å². The molecule has 1 aliphatic rings. The number of halogens is 2. The first-order valence-corrected chi connectivity index (χ1v) is 18.0. The molecule has 5 aromatic rings. The summed E-state index contributed by atoms with van der Waals surface area (Å²) in [6.45, 7) is 11.4. The zero-order valence-electron chi connectivity index (χ0n) is 23.9. The molecule has 0 aromatic heterocycles. The summed E-state index contributed by atoms with van der Waals surface area (Å²) >= 11 is 1.46. The Morgan fingerprint density at radius 3 is 1.50 bits per heavy atom. The van der Waals surface area contributed by atoms with E-state index in [1.54, 1.807) is 5.20 Å². The third-order valence-electron chi connectivity index (χ3n) is 6.70. The van der Waals surface area contributed by atoms with Crippen molar-refractivity contribution in [2.75, 3.05) is 0 Å². The molecule has 0 aliphatic heterocycles. The average Bonchev–Trinajstić information content (AvgIpc) is 3.58. The van der Waals surface area contributed by atoms with Gasteiger partial charge in [-0.2, -0.15) is 6.08 Å². The van der Waals surface area contributed by atoms with Crippen LogP contribution in [0.25, 0.3) is 21.5 Å². The number of hydrogen-bond acceptors (Lipinski definition) is 0. The molecule has 0 spiro atoms. The number of aryl methyl sites for hydroxylation is 2. The molecule has 0 heterocycles. The van der Waals surface area contributed by atoms with Crippen molar-refractivity contribution in [1.29, 1.82) is 0 Å². The van der Waals surface area contributed by atoms with E-state index in [1.165, 1.54) is 71.2 Å². The van der Waals surface area contributed by atoms with Crippen LogP contribution in [0.4, 0.5) is 0 Å². The standard InChI is InChI=1S/C15H13.C13H10.C8H13Si.2ClH.Zr/c1-10-3-5-14-12(7-10)9-13-8-11(2)4-6-15(13)14;1-3-7-12(8-4-1)11-13-9-5-2-6-10-13;1-9(2,3)8-6-4-5-7-8;;;/h3-9H,1-2H3;1-10H;6-7H,4H2,1-3H3;2*1H;/q-1;;-1;;;+2/p-2. The molecule has 5 aromatic carbocycles. The Balaban J connectivity index is 0.000000211. The van der Waals surface area contributed by atoms with Crippen LogP contribution >= 0.6 is 0 Å². The second-order valence-electron chi connectivity index (χ2n) is 10.9. The van der Waals surface area contributed by atoms with E-state index in [0.29, 0.717) is 0 Å². The molecule has 0 fully saturated rings. The molecule has 0 atom stereocenters. The van der Waals surface area contributed by atoms with E-state index in [0.717, 1.165) is 6.42 Å². The third kappa shape index (κ3) is 9.15. The van der Waals surface area contributed by atoms with Gasteiger partial charge in [0.2, 0.25) is 0 Å². The first-order chi connectivity index (χ1) is 18.2. The summed E-state index contributed by atoms with van der Waals surface area (Å²) in [4.78, 5) is 0. The fourth-order valence-electron chi connectivity index (χ4n) is 4.56. The fourth-order valence-corrected chi connectivity index (χ4v) is 6.63. The minimum absolute atomic E-state index is 0. The van der Waals surface area contributed by atoms with E-state index >= 15 is 0 Å². The predicted octanol–water partition coefficient (Wildman–Crippen LogP) is 3.69. The normalized spacial score (nSPS) is 11.8. The van der Waals surface area contributed by atoms with Crippen molar-refractivity contribution < 1.29 is 49.0 Å². The summed E-state index contributed by atoms with van der Waals surface area (Å²) < 4.78 is 1.42. The van der Waals surface area contributed by atoms with Gasteiger partial charge in [-0.15, -0.1) is 46.2 Å². The molecule has 0 N–H and O–H groups in total. The minimum atomic E-state index is -0.981. The van der Waals surface area contributed by atoms with Gasteiger partial charge in [0.05, 0.1) is 0 Å². The quantitative estimate of drug-likeness (QED) is 0.205. The van der Waals surface area contributed by atoms with Crippen molar-refractivity contribution in [2.45, 2.75) is 39.9 Å². The molecule has 4 heteroatoms. The Hall–Kier alpha value is -2.22. The molecular formula is C36H36Cl2SiZr-2. The summed E-state index contributed by atoms with van der Waals surface area (Å²) in [5, 5.41) is 7.01. The first-order valence-electron chi connectivity index (χ1n) is 13.3. The Morgan fingerprint density at radius 2 is 1.15 bits per heavy atom. The summed E-state index contributed by atoms with van der Waals surface area (Å²) in [7, 11) is -0.981. The number of fused-ring (bicyclic) bond motifs is 3. The summed E-state index contributed by atoms with van der Waals surface area (Å²) in [5.74, 6) is 0.